The SMILES string of the molecule is Cc1cnn(CCNc2ccc(C#N)cc2Cl)c1. The van der Waals surface area contributed by atoms with E-state index in [0.29, 0.717) is 10.6 Å². The van der Waals surface area contributed by atoms with Gasteiger partial charge in [-0.2, -0.15) is 10.4 Å². The van der Waals surface area contributed by atoms with Gasteiger partial charge in [0.1, 0.15) is 0 Å². The molecule has 0 unspecified atom stereocenters. The molecule has 1 aromatic carbocycles. The molecule has 1 N–H and O–H groups in total. The molecule has 0 saturated carbocycles. The zero-order valence-electron chi connectivity index (χ0n) is 10.0. The normalized spacial score (nSPS) is 10.1. The van der Waals surface area contributed by atoms with E-state index in [0.717, 1.165) is 24.3 Å². The van der Waals surface area contributed by atoms with Crippen molar-refractivity contribution in [1.29, 1.82) is 5.26 Å². The number of benzene rings is 1. The van der Waals surface area contributed by atoms with Crippen LogP contribution in [0.1, 0.15) is 11.1 Å². The summed E-state index contributed by atoms with van der Waals surface area (Å²) in [4.78, 5) is 0. The smallest absolute Gasteiger partial charge is 0.0992 e. The molecule has 5 heteroatoms. The van der Waals surface area contributed by atoms with Crippen molar-refractivity contribution in [2.24, 2.45) is 0 Å². The Balaban J connectivity index is 1.92. The van der Waals surface area contributed by atoms with Gasteiger partial charge in [0.15, 0.2) is 0 Å². The average molecular weight is 261 g/mol. The topological polar surface area (TPSA) is 53.6 Å². The summed E-state index contributed by atoms with van der Waals surface area (Å²) in [6, 6.07) is 7.27. The zero-order valence-corrected chi connectivity index (χ0v) is 10.8. The maximum Gasteiger partial charge on any atom is 0.0992 e. The number of aromatic nitrogens is 2. The van der Waals surface area contributed by atoms with E-state index >= 15 is 0 Å². The van der Waals surface area contributed by atoms with Crippen molar-refractivity contribution < 1.29 is 0 Å². The largest absolute Gasteiger partial charge is 0.382 e. The third-order valence-corrected chi connectivity index (χ3v) is 2.83. The van der Waals surface area contributed by atoms with Crippen LogP contribution in [0.25, 0.3) is 0 Å². The summed E-state index contributed by atoms with van der Waals surface area (Å²) >= 11 is 6.06. The Labute approximate surface area is 111 Å². The number of nitriles is 1. The van der Waals surface area contributed by atoms with Crippen molar-refractivity contribution >= 4 is 17.3 Å². The van der Waals surface area contributed by atoms with E-state index in [1.807, 2.05) is 30.1 Å². The molecule has 18 heavy (non-hydrogen) atoms. The van der Waals surface area contributed by atoms with Gasteiger partial charge in [0.2, 0.25) is 0 Å². The van der Waals surface area contributed by atoms with E-state index in [-0.39, 0.29) is 0 Å². The molecular formula is C13H13ClN4. The van der Waals surface area contributed by atoms with Crippen molar-refractivity contribution in [3.63, 3.8) is 0 Å². The van der Waals surface area contributed by atoms with Crippen LogP contribution in [-0.2, 0) is 6.54 Å². The fraction of sp³-hybridized carbons (Fsp3) is 0.231. The van der Waals surface area contributed by atoms with Gasteiger partial charge in [0.05, 0.1) is 35.1 Å². The summed E-state index contributed by atoms with van der Waals surface area (Å²) in [5, 5.41) is 16.7. The standard InChI is InChI=1S/C13H13ClN4/c1-10-8-17-18(9-10)5-4-16-13-3-2-11(7-15)6-12(13)14/h2-3,6,8-9,16H,4-5H2,1H3. The summed E-state index contributed by atoms with van der Waals surface area (Å²) in [5.41, 5.74) is 2.54. The quantitative estimate of drug-likeness (QED) is 0.920. The molecule has 1 heterocycles. The van der Waals surface area contributed by atoms with Crippen LogP contribution < -0.4 is 5.32 Å². The maximum absolute atomic E-state index is 8.74. The highest BCUT2D eigenvalue weighted by Gasteiger charge is 2.01. The minimum Gasteiger partial charge on any atom is -0.382 e. The van der Waals surface area contributed by atoms with Crippen LogP contribution in [0, 0.1) is 18.3 Å². The van der Waals surface area contributed by atoms with Crippen LogP contribution in [0.15, 0.2) is 30.6 Å². The lowest BCUT2D eigenvalue weighted by Crippen LogP contribution is -2.11. The molecule has 0 aliphatic heterocycles. The summed E-state index contributed by atoms with van der Waals surface area (Å²) in [6.07, 6.45) is 3.82. The number of hydrogen-bond acceptors (Lipinski definition) is 3. The second-order valence-electron chi connectivity index (χ2n) is 4.01. The lowest BCUT2D eigenvalue weighted by atomic mass is 10.2. The highest BCUT2D eigenvalue weighted by Crippen LogP contribution is 2.22. The zero-order chi connectivity index (χ0) is 13.0. The molecule has 2 rings (SSSR count). The molecule has 0 amide bonds. The predicted molar refractivity (Wildman–Crippen MR) is 71.6 cm³/mol. The minimum absolute atomic E-state index is 0.561. The lowest BCUT2D eigenvalue weighted by Gasteiger charge is -2.08. The molecule has 1 aromatic heterocycles. The van der Waals surface area contributed by atoms with Crippen molar-refractivity contribution in [2.45, 2.75) is 13.5 Å². The first-order valence-electron chi connectivity index (χ1n) is 5.61. The highest BCUT2D eigenvalue weighted by molar-refractivity contribution is 6.33. The third-order valence-electron chi connectivity index (χ3n) is 2.52. The van der Waals surface area contributed by atoms with Gasteiger partial charge in [-0.15, -0.1) is 0 Å². The van der Waals surface area contributed by atoms with Crippen molar-refractivity contribution in [3.8, 4) is 6.07 Å². The lowest BCUT2D eigenvalue weighted by molar-refractivity contribution is 0.637. The van der Waals surface area contributed by atoms with Crippen molar-refractivity contribution in [3.05, 3.63) is 46.7 Å². The van der Waals surface area contributed by atoms with Gasteiger partial charge in [-0.1, -0.05) is 11.6 Å². The van der Waals surface area contributed by atoms with E-state index in [1.165, 1.54) is 0 Å². The highest BCUT2D eigenvalue weighted by atomic mass is 35.5. The molecule has 0 bridgehead atoms. The van der Waals surface area contributed by atoms with Gasteiger partial charge >= 0.3 is 0 Å². The van der Waals surface area contributed by atoms with E-state index in [9.17, 15) is 0 Å². The van der Waals surface area contributed by atoms with Gasteiger partial charge in [0.25, 0.3) is 0 Å². The molecule has 0 aliphatic rings. The van der Waals surface area contributed by atoms with Crippen LogP contribution in [0.2, 0.25) is 5.02 Å². The number of aryl methyl sites for hydroxylation is 1. The van der Waals surface area contributed by atoms with E-state index < -0.39 is 0 Å². The molecule has 0 aliphatic carbocycles. The third kappa shape index (κ3) is 3.02. The van der Waals surface area contributed by atoms with Crippen LogP contribution in [0.3, 0.4) is 0 Å². The first-order chi connectivity index (χ1) is 8.69. The molecule has 92 valence electrons. The second kappa shape index (κ2) is 5.56. The molecule has 0 fully saturated rings. The second-order valence-corrected chi connectivity index (χ2v) is 4.42. The molecule has 0 spiro atoms. The summed E-state index contributed by atoms with van der Waals surface area (Å²) in [5.74, 6) is 0. The number of anilines is 1. The number of nitrogens with zero attached hydrogens (tertiary/aromatic N) is 3. The fourth-order valence-corrected chi connectivity index (χ4v) is 1.87. The first-order valence-corrected chi connectivity index (χ1v) is 5.99. The number of hydrogen-bond donors (Lipinski definition) is 1. The Morgan fingerprint density at radius 2 is 2.33 bits per heavy atom. The van der Waals surface area contributed by atoms with E-state index in [2.05, 4.69) is 16.5 Å². The van der Waals surface area contributed by atoms with Crippen LogP contribution in [0.4, 0.5) is 5.69 Å². The van der Waals surface area contributed by atoms with Crippen LogP contribution in [0.5, 0.6) is 0 Å². The average Bonchev–Trinajstić information content (AvgIpc) is 2.77. The van der Waals surface area contributed by atoms with Crippen LogP contribution in [-0.4, -0.2) is 16.3 Å². The van der Waals surface area contributed by atoms with Gasteiger partial charge in [-0.05, 0) is 30.7 Å². The molecule has 2 aromatic rings. The summed E-state index contributed by atoms with van der Waals surface area (Å²) in [6.45, 7) is 3.51. The Bertz CT molecular complexity index is 583. The van der Waals surface area contributed by atoms with Crippen LogP contribution >= 0.6 is 11.6 Å². The van der Waals surface area contributed by atoms with Gasteiger partial charge in [-0.25, -0.2) is 0 Å². The summed E-state index contributed by atoms with van der Waals surface area (Å²) < 4.78 is 1.87. The first kappa shape index (κ1) is 12.5. The van der Waals surface area contributed by atoms with E-state index in [1.54, 1.807) is 12.1 Å². The Morgan fingerprint density at radius 3 is 2.94 bits per heavy atom. The Hall–Kier alpha value is -1.99. The van der Waals surface area contributed by atoms with E-state index in [4.69, 9.17) is 16.9 Å². The maximum atomic E-state index is 8.74. The molecule has 0 atom stereocenters. The van der Waals surface area contributed by atoms with Gasteiger partial charge < -0.3 is 5.32 Å². The predicted octanol–water partition coefficient (Wildman–Crippen LogP) is 2.83. The monoisotopic (exact) mass is 260 g/mol. The number of nitrogens with one attached hydrogen (secondary N) is 1. The van der Waals surface area contributed by atoms with Crippen molar-refractivity contribution in [2.75, 3.05) is 11.9 Å². The minimum atomic E-state index is 0.561. The van der Waals surface area contributed by atoms with Gasteiger partial charge in [0, 0.05) is 12.7 Å². The molecular weight excluding hydrogens is 248 g/mol. The molecule has 0 saturated heterocycles. The van der Waals surface area contributed by atoms with Crippen molar-refractivity contribution in [1.82, 2.24) is 9.78 Å². The molecule has 0 radical (unpaired) electrons. The van der Waals surface area contributed by atoms with Gasteiger partial charge in [-0.3, -0.25) is 4.68 Å². The Morgan fingerprint density at radius 1 is 1.50 bits per heavy atom. The summed E-state index contributed by atoms with van der Waals surface area (Å²) in [7, 11) is 0. The molecule has 4 nitrogen and oxygen atoms in total. The fourth-order valence-electron chi connectivity index (χ4n) is 1.62. The Kier molecular flexibility index (Phi) is 3.85. The number of rotatable bonds is 4. The number of halogens is 1.